The van der Waals surface area contributed by atoms with Crippen LogP contribution >= 0.6 is 11.3 Å². The molecule has 9 nitrogen and oxygen atoms in total. The van der Waals surface area contributed by atoms with Crippen molar-refractivity contribution in [2.24, 2.45) is 5.92 Å². The molecule has 2 amide bonds. The van der Waals surface area contributed by atoms with Crippen LogP contribution < -0.4 is 10.2 Å². The van der Waals surface area contributed by atoms with Gasteiger partial charge in [0.25, 0.3) is 0 Å². The highest BCUT2D eigenvalue weighted by Gasteiger charge is 2.31. The summed E-state index contributed by atoms with van der Waals surface area (Å²) in [5.74, 6) is -0.542. The van der Waals surface area contributed by atoms with Crippen molar-refractivity contribution >= 4 is 34.4 Å². The SMILES string of the molecule is CCOC(=O)N[C@@H](C(=O)N1CCN(c2ncc(C(=O)OCC)s2)CC1)C(C)C. The Balaban J connectivity index is 1.93. The van der Waals surface area contributed by atoms with Gasteiger partial charge in [-0.15, -0.1) is 0 Å². The summed E-state index contributed by atoms with van der Waals surface area (Å²) in [5.41, 5.74) is 0. The van der Waals surface area contributed by atoms with E-state index in [-0.39, 0.29) is 24.4 Å². The second kappa shape index (κ2) is 10.3. The van der Waals surface area contributed by atoms with E-state index in [4.69, 9.17) is 9.47 Å². The highest BCUT2D eigenvalue weighted by Crippen LogP contribution is 2.24. The van der Waals surface area contributed by atoms with E-state index in [1.165, 1.54) is 17.5 Å². The number of thiazole rings is 1. The molecule has 1 aromatic rings. The number of piperazine rings is 1. The maximum Gasteiger partial charge on any atom is 0.407 e. The Bertz CT molecular complexity index is 685. The molecular formula is C18H28N4O5S. The summed E-state index contributed by atoms with van der Waals surface area (Å²) in [5, 5.41) is 3.39. The Morgan fingerprint density at radius 2 is 1.79 bits per heavy atom. The van der Waals surface area contributed by atoms with Crippen LogP contribution in [0.1, 0.15) is 37.4 Å². The minimum Gasteiger partial charge on any atom is -0.462 e. The molecule has 28 heavy (non-hydrogen) atoms. The number of alkyl carbamates (subject to hydrolysis) is 1. The summed E-state index contributed by atoms with van der Waals surface area (Å²) in [7, 11) is 0. The molecule has 0 spiro atoms. The van der Waals surface area contributed by atoms with Crippen molar-refractivity contribution in [3.05, 3.63) is 11.1 Å². The van der Waals surface area contributed by atoms with Crippen molar-refractivity contribution in [2.75, 3.05) is 44.3 Å². The average molecular weight is 413 g/mol. The molecule has 1 aliphatic heterocycles. The molecule has 2 heterocycles. The molecule has 156 valence electrons. The van der Waals surface area contributed by atoms with E-state index in [0.717, 1.165) is 5.13 Å². The number of nitrogens with zero attached hydrogens (tertiary/aromatic N) is 3. The highest BCUT2D eigenvalue weighted by atomic mass is 32.1. The summed E-state index contributed by atoms with van der Waals surface area (Å²) < 4.78 is 9.89. The third kappa shape index (κ3) is 5.57. The van der Waals surface area contributed by atoms with Gasteiger partial charge in [-0.25, -0.2) is 14.6 Å². The molecule has 2 rings (SSSR count). The quantitative estimate of drug-likeness (QED) is 0.681. The van der Waals surface area contributed by atoms with Crippen molar-refractivity contribution < 1.29 is 23.9 Å². The number of amides is 2. The van der Waals surface area contributed by atoms with E-state index in [1.807, 2.05) is 18.7 Å². The van der Waals surface area contributed by atoms with Crippen LogP contribution in [0.15, 0.2) is 6.20 Å². The Labute approximate surface area is 169 Å². The number of hydrogen-bond acceptors (Lipinski definition) is 8. The lowest BCUT2D eigenvalue weighted by atomic mass is 10.0. The molecule has 1 aliphatic rings. The molecule has 10 heteroatoms. The van der Waals surface area contributed by atoms with Gasteiger partial charge in [-0.05, 0) is 19.8 Å². The summed E-state index contributed by atoms with van der Waals surface area (Å²) in [6.07, 6.45) is 0.940. The van der Waals surface area contributed by atoms with Crippen LogP contribution in [-0.2, 0) is 14.3 Å². The van der Waals surface area contributed by atoms with Gasteiger partial charge in [0.2, 0.25) is 5.91 Å². The number of carbonyl (C=O) groups excluding carboxylic acids is 3. The zero-order chi connectivity index (χ0) is 20.7. The zero-order valence-corrected chi connectivity index (χ0v) is 17.6. The van der Waals surface area contributed by atoms with Gasteiger partial charge in [0.15, 0.2) is 5.13 Å². The van der Waals surface area contributed by atoms with E-state index in [9.17, 15) is 14.4 Å². The fourth-order valence-corrected chi connectivity index (χ4v) is 3.70. The first kappa shape index (κ1) is 21.9. The first-order valence-electron chi connectivity index (χ1n) is 9.47. The number of rotatable bonds is 7. The molecular weight excluding hydrogens is 384 g/mol. The van der Waals surface area contributed by atoms with Crippen LogP contribution in [0.25, 0.3) is 0 Å². The molecule has 1 fully saturated rings. The Hall–Kier alpha value is -2.36. The molecule has 0 aromatic carbocycles. The molecule has 0 aliphatic carbocycles. The first-order valence-corrected chi connectivity index (χ1v) is 10.3. The molecule has 0 radical (unpaired) electrons. The number of nitrogens with one attached hydrogen (secondary N) is 1. The van der Waals surface area contributed by atoms with E-state index in [1.54, 1.807) is 18.7 Å². The van der Waals surface area contributed by atoms with E-state index in [2.05, 4.69) is 10.3 Å². The second-order valence-electron chi connectivity index (χ2n) is 6.63. The van der Waals surface area contributed by atoms with Crippen molar-refractivity contribution in [2.45, 2.75) is 33.7 Å². The van der Waals surface area contributed by atoms with Gasteiger partial charge >= 0.3 is 12.1 Å². The molecule has 1 saturated heterocycles. The predicted octanol–water partition coefficient (Wildman–Crippen LogP) is 1.74. The van der Waals surface area contributed by atoms with Gasteiger partial charge in [0.05, 0.1) is 19.4 Å². The monoisotopic (exact) mass is 412 g/mol. The third-order valence-electron chi connectivity index (χ3n) is 4.31. The van der Waals surface area contributed by atoms with Crippen molar-refractivity contribution in [1.82, 2.24) is 15.2 Å². The standard InChI is InChI=1S/C18H28N4O5S/c1-5-26-16(24)13-11-19-17(28-13)22-9-7-21(8-10-22)15(23)14(12(3)4)20-18(25)27-6-2/h11-12,14H,5-10H2,1-4H3,(H,20,25)/t14-/m1/s1. The van der Waals surface area contributed by atoms with E-state index >= 15 is 0 Å². The number of anilines is 1. The number of esters is 1. The van der Waals surface area contributed by atoms with Crippen LogP contribution in [0.2, 0.25) is 0 Å². The molecule has 0 unspecified atom stereocenters. The topological polar surface area (TPSA) is 101 Å². The van der Waals surface area contributed by atoms with Gasteiger partial charge in [0, 0.05) is 26.2 Å². The Kier molecular flexibility index (Phi) is 8.04. The van der Waals surface area contributed by atoms with Crippen LogP contribution in [0.5, 0.6) is 0 Å². The van der Waals surface area contributed by atoms with Crippen LogP contribution in [-0.4, -0.2) is 73.3 Å². The Morgan fingerprint density at radius 3 is 2.36 bits per heavy atom. The normalized spacial score (nSPS) is 15.3. The fraction of sp³-hybridized carbons (Fsp3) is 0.667. The van der Waals surface area contributed by atoms with Gasteiger partial charge < -0.3 is 24.6 Å². The third-order valence-corrected chi connectivity index (χ3v) is 5.35. The minimum atomic E-state index is -0.624. The molecule has 1 aromatic heterocycles. The molecule has 1 N–H and O–H groups in total. The Morgan fingerprint density at radius 1 is 1.14 bits per heavy atom. The summed E-state index contributed by atoms with van der Waals surface area (Å²) in [6.45, 7) is 10.1. The van der Waals surface area contributed by atoms with Gasteiger partial charge in [-0.1, -0.05) is 25.2 Å². The summed E-state index contributed by atoms with van der Waals surface area (Å²) in [4.78, 5) is 44.9. The molecule has 0 saturated carbocycles. The smallest absolute Gasteiger partial charge is 0.407 e. The highest BCUT2D eigenvalue weighted by molar-refractivity contribution is 7.17. The van der Waals surface area contributed by atoms with E-state index < -0.39 is 12.1 Å². The molecule has 1 atom stereocenters. The van der Waals surface area contributed by atoms with E-state index in [0.29, 0.717) is 37.7 Å². The van der Waals surface area contributed by atoms with Gasteiger partial charge in [-0.3, -0.25) is 4.79 Å². The lowest BCUT2D eigenvalue weighted by molar-refractivity contribution is -0.134. The number of hydrogen-bond donors (Lipinski definition) is 1. The van der Waals surface area contributed by atoms with Crippen LogP contribution in [0, 0.1) is 5.92 Å². The largest absolute Gasteiger partial charge is 0.462 e. The van der Waals surface area contributed by atoms with Crippen molar-refractivity contribution in [3.8, 4) is 0 Å². The van der Waals surface area contributed by atoms with Crippen LogP contribution in [0.3, 0.4) is 0 Å². The zero-order valence-electron chi connectivity index (χ0n) is 16.8. The average Bonchev–Trinajstić information content (AvgIpc) is 3.16. The maximum absolute atomic E-state index is 12.9. The van der Waals surface area contributed by atoms with Crippen molar-refractivity contribution in [1.29, 1.82) is 0 Å². The van der Waals surface area contributed by atoms with Crippen molar-refractivity contribution in [3.63, 3.8) is 0 Å². The number of ether oxygens (including phenoxy) is 2. The summed E-state index contributed by atoms with van der Waals surface area (Å²) >= 11 is 1.29. The first-order chi connectivity index (χ1) is 13.4. The van der Waals surface area contributed by atoms with Gasteiger partial charge in [-0.2, -0.15) is 0 Å². The summed E-state index contributed by atoms with van der Waals surface area (Å²) in [6, 6.07) is -0.624. The number of aromatic nitrogens is 1. The van der Waals surface area contributed by atoms with Gasteiger partial charge in [0.1, 0.15) is 10.9 Å². The maximum atomic E-state index is 12.9. The molecule has 0 bridgehead atoms. The predicted molar refractivity (Wildman–Crippen MR) is 106 cm³/mol. The number of carbonyl (C=O) groups is 3. The van der Waals surface area contributed by atoms with Crippen LogP contribution in [0.4, 0.5) is 9.93 Å². The lowest BCUT2D eigenvalue weighted by Crippen LogP contribution is -2.56. The fourth-order valence-electron chi connectivity index (χ4n) is 2.84. The second-order valence-corrected chi connectivity index (χ2v) is 7.64. The lowest BCUT2D eigenvalue weighted by Gasteiger charge is -2.37. The minimum absolute atomic E-state index is 0.0546.